The summed E-state index contributed by atoms with van der Waals surface area (Å²) in [4.78, 5) is 7.51. The third-order valence-electron chi connectivity index (χ3n) is 0.616. The van der Waals surface area contributed by atoms with Gasteiger partial charge in [-0.2, -0.15) is 0 Å². The molecule has 0 saturated heterocycles. The van der Waals surface area contributed by atoms with Crippen molar-refractivity contribution in [1.82, 2.24) is 0 Å². The van der Waals surface area contributed by atoms with Crippen molar-refractivity contribution in [1.29, 1.82) is 0 Å². The Morgan fingerprint density at radius 3 is 2.43 bits per heavy atom. The van der Waals surface area contributed by atoms with Crippen LogP contribution in [0, 0.1) is 0 Å². The van der Waals surface area contributed by atoms with Gasteiger partial charge in [0.05, 0.1) is 0 Å². The third kappa shape index (κ3) is 3.16. The van der Waals surface area contributed by atoms with E-state index in [2.05, 4.69) is 16.7 Å². The Morgan fingerprint density at radius 1 is 1.71 bits per heavy atom. The quantitative estimate of drug-likeness (QED) is 0.347. The molecule has 0 fully saturated rings. The zero-order chi connectivity index (χ0) is 5.70. The maximum atomic E-state index is 3.93. The molecule has 0 rings (SSSR count). The first-order valence-corrected chi connectivity index (χ1v) is 2.29. The van der Waals surface area contributed by atoms with E-state index in [4.69, 9.17) is 0 Å². The summed E-state index contributed by atoms with van der Waals surface area (Å²) in [5.41, 5.74) is 0. The molecule has 0 saturated carbocycles. The smallest absolute Gasteiger partial charge is 0.119 e. The molecule has 0 aromatic heterocycles. The van der Waals surface area contributed by atoms with Gasteiger partial charge in [-0.15, -0.1) is 0 Å². The van der Waals surface area contributed by atoms with Gasteiger partial charge in [-0.25, -0.2) is 4.99 Å². The lowest BCUT2D eigenvalue weighted by Gasteiger charge is -1.83. The minimum absolute atomic E-state index is 0.766. The first kappa shape index (κ1) is 6.34. The summed E-state index contributed by atoms with van der Waals surface area (Å²) in [6, 6.07) is 0. The molecule has 0 amide bonds. The van der Waals surface area contributed by atoms with Crippen LogP contribution in [-0.4, -0.2) is 19.1 Å². The lowest BCUT2D eigenvalue weighted by Crippen LogP contribution is -1.83. The molecule has 0 atom stereocenters. The zero-order valence-electron chi connectivity index (χ0n) is 4.81. The molecular weight excluding hydrogens is 88.1 g/mol. The van der Waals surface area contributed by atoms with Gasteiger partial charge in [0.15, 0.2) is 0 Å². The molecular formula is C5H10N2. The second-order valence-electron chi connectivity index (χ2n) is 1.18. The topological polar surface area (TPSA) is 24.7 Å². The predicted octanol–water partition coefficient (Wildman–Crippen LogP) is 1.13. The molecule has 0 aromatic carbocycles. The fourth-order valence-electron chi connectivity index (χ4n) is 0.279. The number of rotatable bonds is 1. The fraction of sp³-hybridized carbons (Fsp3) is 0.600. The van der Waals surface area contributed by atoms with Gasteiger partial charge in [0.1, 0.15) is 5.84 Å². The Kier molecular flexibility index (Phi) is 3.19. The number of aliphatic imine (C=N–C) groups is 2. The van der Waals surface area contributed by atoms with E-state index in [0.29, 0.717) is 0 Å². The van der Waals surface area contributed by atoms with Crippen LogP contribution in [0.1, 0.15) is 13.8 Å². The largest absolute Gasteiger partial charge is 0.271 e. The average molecular weight is 98.1 g/mol. The molecule has 2 nitrogen and oxygen atoms in total. The highest BCUT2D eigenvalue weighted by Gasteiger charge is 1.73. The Bertz CT molecular complexity index is 84.1. The molecule has 0 N–H and O–H groups in total. The minimum Gasteiger partial charge on any atom is -0.271 e. The Morgan fingerprint density at radius 2 is 2.29 bits per heavy atom. The molecule has 0 aromatic rings. The summed E-state index contributed by atoms with van der Waals surface area (Å²) in [5, 5.41) is 0. The summed E-state index contributed by atoms with van der Waals surface area (Å²) in [7, 11) is 0. The van der Waals surface area contributed by atoms with E-state index in [0.717, 1.165) is 12.4 Å². The molecule has 7 heavy (non-hydrogen) atoms. The van der Waals surface area contributed by atoms with E-state index in [-0.39, 0.29) is 0 Å². The first-order valence-electron chi connectivity index (χ1n) is 2.29. The second-order valence-corrected chi connectivity index (χ2v) is 1.18. The van der Waals surface area contributed by atoms with E-state index < -0.39 is 0 Å². The molecule has 40 valence electrons. The molecule has 0 heterocycles. The highest BCUT2D eigenvalue weighted by molar-refractivity contribution is 5.83. The van der Waals surface area contributed by atoms with Crippen molar-refractivity contribution in [3.8, 4) is 0 Å². The maximum Gasteiger partial charge on any atom is 0.119 e. The highest BCUT2D eigenvalue weighted by atomic mass is 14.9. The molecule has 0 bridgehead atoms. The van der Waals surface area contributed by atoms with E-state index in [1.807, 2.05) is 13.8 Å². The van der Waals surface area contributed by atoms with Gasteiger partial charge in [0, 0.05) is 6.54 Å². The van der Waals surface area contributed by atoms with Crippen LogP contribution >= 0.6 is 0 Å². The van der Waals surface area contributed by atoms with Crippen LogP contribution in [0.5, 0.6) is 0 Å². The number of nitrogens with zero attached hydrogens (tertiary/aromatic N) is 2. The lowest BCUT2D eigenvalue weighted by atomic mass is 10.7. The van der Waals surface area contributed by atoms with Gasteiger partial charge in [-0.3, -0.25) is 4.99 Å². The van der Waals surface area contributed by atoms with Gasteiger partial charge in [-0.1, -0.05) is 0 Å². The summed E-state index contributed by atoms with van der Waals surface area (Å²) < 4.78 is 0. The predicted molar refractivity (Wildman–Crippen MR) is 33.2 cm³/mol. The van der Waals surface area contributed by atoms with Crippen molar-refractivity contribution in [2.75, 3.05) is 6.54 Å². The molecule has 0 aliphatic rings. The third-order valence-corrected chi connectivity index (χ3v) is 0.616. The van der Waals surface area contributed by atoms with Crippen molar-refractivity contribution in [2.24, 2.45) is 9.98 Å². The Hall–Kier alpha value is -0.660. The fourth-order valence-corrected chi connectivity index (χ4v) is 0.279. The average Bonchev–Trinajstić information content (AvgIpc) is 1.68. The molecule has 0 aliphatic carbocycles. The van der Waals surface area contributed by atoms with Crippen LogP contribution in [0.2, 0.25) is 0 Å². The standard InChI is InChI=1S/C5H10N2/c1-4-7-5(2)6-3/h3-4H2,1-2H3/b7-5-. The molecule has 2 heteroatoms. The van der Waals surface area contributed by atoms with Crippen molar-refractivity contribution < 1.29 is 0 Å². The normalized spacial score (nSPS) is 11.4. The Labute approximate surface area is 44.0 Å². The van der Waals surface area contributed by atoms with Crippen LogP contribution in [0.3, 0.4) is 0 Å². The summed E-state index contributed by atoms with van der Waals surface area (Å²) in [5.74, 6) is 0.766. The van der Waals surface area contributed by atoms with Crippen LogP contribution < -0.4 is 0 Å². The van der Waals surface area contributed by atoms with Crippen LogP contribution in [-0.2, 0) is 0 Å². The van der Waals surface area contributed by atoms with Gasteiger partial charge in [0.2, 0.25) is 0 Å². The highest BCUT2D eigenvalue weighted by Crippen LogP contribution is 1.74. The monoisotopic (exact) mass is 98.1 g/mol. The van der Waals surface area contributed by atoms with E-state index >= 15 is 0 Å². The van der Waals surface area contributed by atoms with Gasteiger partial charge < -0.3 is 0 Å². The molecule has 0 spiro atoms. The molecule has 0 radical (unpaired) electrons. The van der Waals surface area contributed by atoms with Gasteiger partial charge >= 0.3 is 0 Å². The van der Waals surface area contributed by atoms with Crippen molar-refractivity contribution in [3.05, 3.63) is 0 Å². The number of hydrogen-bond acceptors (Lipinski definition) is 1. The van der Waals surface area contributed by atoms with Gasteiger partial charge in [0.25, 0.3) is 0 Å². The maximum absolute atomic E-state index is 3.93. The lowest BCUT2D eigenvalue weighted by molar-refractivity contribution is 1.12. The zero-order valence-corrected chi connectivity index (χ0v) is 4.81. The Balaban J connectivity index is 3.49. The summed E-state index contributed by atoms with van der Waals surface area (Å²) in [6.07, 6.45) is 0. The first-order chi connectivity index (χ1) is 3.31. The van der Waals surface area contributed by atoms with Crippen molar-refractivity contribution >= 4 is 12.6 Å². The number of hydrogen-bond donors (Lipinski definition) is 0. The van der Waals surface area contributed by atoms with Crippen molar-refractivity contribution in [2.45, 2.75) is 13.8 Å². The minimum atomic E-state index is 0.766. The van der Waals surface area contributed by atoms with Gasteiger partial charge in [-0.05, 0) is 20.6 Å². The molecule has 0 aliphatic heterocycles. The van der Waals surface area contributed by atoms with Crippen molar-refractivity contribution in [3.63, 3.8) is 0 Å². The summed E-state index contributed by atoms with van der Waals surface area (Å²) >= 11 is 0. The second kappa shape index (κ2) is 3.53. The SMILES string of the molecule is C=N/C(C)=N\CC. The summed E-state index contributed by atoms with van der Waals surface area (Å²) in [6.45, 7) is 7.89. The van der Waals surface area contributed by atoms with Crippen LogP contribution in [0.25, 0.3) is 0 Å². The van der Waals surface area contributed by atoms with Crippen LogP contribution in [0.15, 0.2) is 9.98 Å². The van der Waals surface area contributed by atoms with E-state index in [1.165, 1.54) is 0 Å². The molecule has 0 unspecified atom stereocenters. The van der Waals surface area contributed by atoms with E-state index in [1.54, 1.807) is 0 Å². The van der Waals surface area contributed by atoms with E-state index in [9.17, 15) is 0 Å². The van der Waals surface area contributed by atoms with Crippen LogP contribution in [0.4, 0.5) is 0 Å². The number of amidine groups is 1.